The van der Waals surface area contributed by atoms with Crippen molar-refractivity contribution in [2.24, 2.45) is 0 Å². The number of nitrogens with one attached hydrogen (secondary N) is 1. The minimum absolute atomic E-state index is 0.475. The van der Waals surface area contributed by atoms with Gasteiger partial charge in [-0.15, -0.1) is 0 Å². The van der Waals surface area contributed by atoms with Gasteiger partial charge in [0, 0.05) is 12.6 Å². The number of aryl methyl sites for hydroxylation is 1. The van der Waals surface area contributed by atoms with Crippen molar-refractivity contribution in [2.45, 2.75) is 33.4 Å². The second-order valence-electron chi connectivity index (χ2n) is 5.34. The second-order valence-corrected chi connectivity index (χ2v) is 7.04. The molecule has 0 heterocycles. The Morgan fingerprint density at radius 3 is 2.19 bits per heavy atom. The van der Waals surface area contributed by atoms with E-state index in [4.69, 9.17) is 4.74 Å². The first-order valence-corrected chi connectivity index (χ1v) is 8.50. The minimum Gasteiger partial charge on any atom is -0.455 e. The molecule has 112 valence electrons. The third-order valence-electron chi connectivity index (χ3n) is 3.02. The number of halogens is 2. The summed E-state index contributed by atoms with van der Waals surface area (Å²) in [6.45, 7) is 7.19. The smallest absolute Gasteiger partial charge is 0.141 e. The quantitative estimate of drug-likeness (QED) is 0.668. The Labute approximate surface area is 143 Å². The molecule has 0 saturated carbocycles. The van der Waals surface area contributed by atoms with Gasteiger partial charge in [0.05, 0.1) is 8.95 Å². The van der Waals surface area contributed by atoms with Crippen LogP contribution in [0.1, 0.15) is 25.0 Å². The lowest BCUT2D eigenvalue weighted by Crippen LogP contribution is -2.21. The van der Waals surface area contributed by atoms with Crippen molar-refractivity contribution in [3.05, 3.63) is 56.5 Å². The molecule has 0 amide bonds. The molecule has 21 heavy (non-hydrogen) atoms. The zero-order valence-corrected chi connectivity index (χ0v) is 15.6. The van der Waals surface area contributed by atoms with Crippen molar-refractivity contribution < 1.29 is 4.74 Å². The second kappa shape index (κ2) is 7.43. The Hall–Kier alpha value is -0.840. The summed E-state index contributed by atoms with van der Waals surface area (Å²) < 4.78 is 7.88. The van der Waals surface area contributed by atoms with Gasteiger partial charge < -0.3 is 10.1 Å². The zero-order chi connectivity index (χ0) is 15.4. The van der Waals surface area contributed by atoms with Gasteiger partial charge in [0.15, 0.2) is 0 Å². The standard InChI is InChI=1S/C17H19Br2NO/c1-11(2)20-10-13-5-7-17(15(19)9-13)21-16-6-4-12(3)8-14(16)18/h4-9,11,20H,10H2,1-3H3. The first-order valence-electron chi connectivity index (χ1n) is 6.91. The average Bonchev–Trinajstić information content (AvgIpc) is 2.42. The van der Waals surface area contributed by atoms with Crippen LogP contribution in [0.5, 0.6) is 11.5 Å². The number of hydrogen-bond donors (Lipinski definition) is 1. The SMILES string of the molecule is Cc1ccc(Oc2ccc(CNC(C)C)cc2Br)c(Br)c1. The number of ether oxygens (including phenoxy) is 1. The zero-order valence-electron chi connectivity index (χ0n) is 12.4. The highest BCUT2D eigenvalue weighted by Crippen LogP contribution is 2.34. The lowest BCUT2D eigenvalue weighted by molar-refractivity contribution is 0.476. The molecule has 0 saturated heterocycles. The van der Waals surface area contributed by atoms with Crippen LogP contribution >= 0.6 is 31.9 Å². The average molecular weight is 413 g/mol. The molecule has 2 aromatic rings. The van der Waals surface area contributed by atoms with E-state index in [0.29, 0.717) is 6.04 Å². The molecular formula is C17H19Br2NO. The summed E-state index contributed by atoms with van der Waals surface area (Å²) in [5, 5.41) is 3.40. The van der Waals surface area contributed by atoms with Crippen molar-refractivity contribution in [1.82, 2.24) is 5.32 Å². The van der Waals surface area contributed by atoms with Gasteiger partial charge in [-0.25, -0.2) is 0 Å². The fourth-order valence-electron chi connectivity index (χ4n) is 1.87. The van der Waals surface area contributed by atoms with E-state index in [9.17, 15) is 0 Å². The van der Waals surface area contributed by atoms with E-state index in [2.05, 4.69) is 70.1 Å². The minimum atomic E-state index is 0.475. The van der Waals surface area contributed by atoms with Crippen LogP contribution < -0.4 is 10.1 Å². The van der Waals surface area contributed by atoms with Crippen molar-refractivity contribution in [3.63, 3.8) is 0 Å². The fourth-order valence-corrected chi connectivity index (χ4v) is 2.95. The highest BCUT2D eigenvalue weighted by atomic mass is 79.9. The van der Waals surface area contributed by atoms with Gasteiger partial charge in [0.1, 0.15) is 11.5 Å². The molecule has 4 heteroatoms. The third-order valence-corrected chi connectivity index (χ3v) is 4.26. The monoisotopic (exact) mass is 411 g/mol. The molecule has 0 aliphatic carbocycles. The van der Waals surface area contributed by atoms with Gasteiger partial charge in [0.25, 0.3) is 0 Å². The van der Waals surface area contributed by atoms with Crippen LogP contribution in [0.2, 0.25) is 0 Å². The molecule has 0 fully saturated rings. The normalized spacial score (nSPS) is 11.0. The molecule has 0 aliphatic heterocycles. The molecule has 0 atom stereocenters. The predicted molar refractivity (Wildman–Crippen MR) is 95.1 cm³/mol. The molecule has 0 aliphatic rings. The number of rotatable bonds is 5. The maximum absolute atomic E-state index is 5.96. The van der Waals surface area contributed by atoms with Gasteiger partial charge in [-0.1, -0.05) is 26.0 Å². The first kappa shape index (κ1) is 16.5. The summed E-state index contributed by atoms with van der Waals surface area (Å²) in [5.41, 5.74) is 2.43. The Bertz CT molecular complexity index is 626. The van der Waals surface area contributed by atoms with Crippen LogP contribution in [0.25, 0.3) is 0 Å². The lowest BCUT2D eigenvalue weighted by Gasteiger charge is -2.12. The van der Waals surface area contributed by atoms with E-state index in [1.165, 1.54) is 11.1 Å². The molecule has 0 radical (unpaired) electrons. The maximum Gasteiger partial charge on any atom is 0.141 e. The van der Waals surface area contributed by atoms with Crippen LogP contribution in [-0.2, 0) is 6.54 Å². The third kappa shape index (κ3) is 4.83. The van der Waals surface area contributed by atoms with Crippen LogP contribution in [0.15, 0.2) is 45.3 Å². The molecular weight excluding hydrogens is 394 g/mol. The van der Waals surface area contributed by atoms with E-state index in [0.717, 1.165) is 27.0 Å². The van der Waals surface area contributed by atoms with Crippen molar-refractivity contribution in [1.29, 1.82) is 0 Å². The van der Waals surface area contributed by atoms with Gasteiger partial charge in [-0.3, -0.25) is 0 Å². The summed E-state index contributed by atoms with van der Waals surface area (Å²) in [5.74, 6) is 1.63. The summed E-state index contributed by atoms with van der Waals surface area (Å²) >= 11 is 7.12. The van der Waals surface area contributed by atoms with E-state index in [-0.39, 0.29) is 0 Å². The Morgan fingerprint density at radius 2 is 1.62 bits per heavy atom. The van der Waals surface area contributed by atoms with Crippen LogP contribution in [0.4, 0.5) is 0 Å². The van der Waals surface area contributed by atoms with E-state index >= 15 is 0 Å². The van der Waals surface area contributed by atoms with Crippen molar-refractivity contribution >= 4 is 31.9 Å². The molecule has 2 nitrogen and oxygen atoms in total. The van der Waals surface area contributed by atoms with Gasteiger partial charge in [0.2, 0.25) is 0 Å². The Balaban J connectivity index is 2.13. The largest absolute Gasteiger partial charge is 0.455 e. The lowest BCUT2D eigenvalue weighted by atomic mass is 10.2. The van der Waals surface area contributed by atoms with Crippen LogP contribution in [-0.4, -0.2) is 6.04 Å². The highest BCUT2D eigenvalue weighted by Gasteiger charge is 2.07. The van der Waals surface area contributed by atoms with Gasteiger partial charge in [-0.2, -0.15) is 0 Å². The topological polar surface area (TPSA) is 21.3 Å². The summed E-state index contributed by atoms with van der Waals surface area (Å²) in [6.07, 6.45) is 0. The highest BCUT2D eigenvalue weighted by molar-refractivity contribution is 9.11. The Morgan fingerprint density at radius 1 is 1.00 bits per heavy atom. The molecule has 1 N–H and O–H groups in total. The van der Waals surface area contributed by atoms with Crippen molar-refractivity contribution in [2.75, 3.05) is 0 Å². The van der Waals surface area contributed by atoms with E-state index < -0.39 is 0 Å². The molecule has 2 aromatic carbocycles. The van der Waals surface area contributed by atoms with Gasteiger partial charge in [-0.05, 0) is 74.2 Å². The molecule has 0 bridgehead atoms. The van der Waals surface area contributed by atoms with Gasteiger partial charge >= 0.3 is 0 Å². The number of hydrogen-bond acceptors (Lipinski definition) is 2. The molecule has 0 unspecified atom stereocenters. The molecule has 0 aromatic heterocycles. The van der Waals surface area contributed by atoms with E-state index in [1.807, 2.05) is 24.3 Å². The number of benzene rings is 2. The fraction of sp³-hybridized carbons (Fsp3) is 0.294. The first-order chi connectivity index (χ1) is 9.95. The van der Waals surface area contributed by atoms with Crippen LogP contribution in [0.3, 0.4) is 0 Å². The molecule has 2 rings (SSSR count). The van der Waals surface area contributed by atoms with Crippen LogP contribution in [0, 0.1) is 6.92 Å². The van der Waals surface area contributed by atoms with Crippen molar-refractivity contribution in [3.8, 4) is 11.5 Å². The molecule has 0 spiro atoms. The maximum atomic E-state index is 5.96. The Kier molecular flexibility index (Phi) is 5.85. The van der Waals surface area contributed by atoms with E-state index in [1.54, 1.807) is 0 Å². The summed E-state index contributed by atoms with van der Waals surface area (Å²) in [4.78, 5) is 0. The summed E-state index contributed by atoms with van der Waals surface area (Å²) in [6, 6.07) is 12.7. The summed E-state index contributed by atoms with van der Waals surface area (Å²) in [7, 11) is 0. The predicted octanol–water partition coefficient (Wildman–Crippen LogP) is 5.81.